The van der Waals surface area contributed by atoms with Gasteiger partial charge in [-0.1, -0.05) is 6.92 Å². The molecule has 1 aromatic rings. The van der Waals surface area contributed by atoms with Crippen molar-refractivity contribution in [3.63, 3.8) is 0 Å². The van der Waals surface area contributed by atoms with Crippen LogP contribution in [-0.2, 0) is 9.84 Å². The minimum Gasteiger partial charge on any atom is -0.368 e. The van der Waals surface area contributed by atoms with Crippen molar-refractivity contribution in [1.29, 1.82) is 0 Å². The molecular weight excluding hydrogens is 274 g/mol. The van der Waals surface area contributed by atoms with E-state index in [1.807, 2.05) is 0 Å². The number of hydrogen-bond acceptors (Lipinski definition) is 8. The SMILES string of the molecule is CCS(=O)(=O)C1CSCCN1c1ncnc(N)n1. The second-order valence-electron chi connectivity index (χ2n) is 3.82. The minimum absolute atomic E-state index is 0.103. The summed E-state index contributed by atoms with van der Waals surface area (Å²) >= 11 is 1.62. The highest BCUT2D eigenvalue weighted by atomic mass is 32.2. The fourth-order valence-corrected chi connectivity index (χ4v) is 4.70. The van der Waals surface area contributed by atoms with Gasteiger partial charge >= 0.3 is 0 Å². The molecule has 100 valence electrons. The molecule has 1 saturated heterocycles. The van der Waals surface area contributed by atoms with E-state index in [9.17, 15) is 8.42 Å². The van der Waals surface area contributed by atoms with Crippen molar-refractivity contribution in [3.8, 4) is 0 Å². The molecule has 2 heterocycles. The smallest absolute Gasteiger partial charge is 0.231 e. The molecule has 18 heavy (non-hydrogen) atoms. The number of nitrogens with zero attached hydrogens (tertiary/aromatic N) is 4. The third-order valence-electron chi connectivity index (χ3n) is 2.74. The van der Waals surface area contributed by atoms with E-state index in [0.717, 1.165) is 5.75 Å². The summed E-state index contributed by atoms with van der Waals surface area (Å²) in [6, 6.07) is 0. The van der Waals surface area contributed by atoms with Gasteiger partial charge in [-0.15, -0.1) is 0 Å². The second kappa shape index (κ2) is 5.27. The number of hydrogen-bond donors (Lipinski definition) is 1. The normalized spacial score (nSPS) is 20.9. The van der Waals surface area contributed by atoms with E-state index in [0.29, 0.717) is 18.2 Å². The third-order valence-corrected chi connectivity index (χ3v) is 6.02. The molecule has 0 radical (unpaired) electrons. The maximum atomic E-state index is 12.1. The van der Waals surface area contributed by atoms with Gasteiger partial charge < -0.3 is 10.6 Å². The summed E-state index contributed by atoms with van der Waals surface area (Å²) in [5, 5.41) is -0.581. The Morgan fingerprint density at radius 2 is 2.33 bits per heavy atom. The van der Waals surface area contributed by atoms with Gasteiger partial charge in [0.25, 0.3) is 0 Å². The highest BCUT2D eigenvalue weighted by Crippen LogP contribution is 2.24. The first kappa shape index (κ1) is 13.3. The average Bonchev–Trinajstić information content (AvgIpc) is 2.39. The Morgan fingerprint density at radius 1 is 1.56 bits per heavy atom. The molecule has 1 atom stereocenters. The zero-order chi connectivity index (χ0) is 13.2. The largest absolute Gasteiger partial charge is 0.368 e. The molecule has 9 heteroatoms. The Bertz CT molecular complexity index is 521. The highest BCUT2D eigenvalue weighted by molar-refractivity contribution is 8.01. The van der Waals surface area contributed by atoms with Crippen LogP contribution < -0.4 is 10.6 Å². The Labute approximate surface area is 110 Å². The van der Waals surface area contributed by atoms with E-state index in [1.54, 1.807) is 23.6 Å². The lowest BCUT2D eigenvalue weighted by atomic mass is 10.5. The molecule has 0 bridgehead atoms. The van der Waals surface area contributed by atoms with Crippen molar-refractivity contribution < 1.29 is 8.42 Å². The molecule has 0 aliphatic carbocycles. The fourth-order valence-electron chi connectivity index (χ4n) is 1.74. The lowest BCUT2D eigenvalue weighted by Crippen LogP contribution is -2.48. The van der Waals surface area contributed by atoms with E-state index in [4.69, 9.17) is 5.73 Å². The highest BCUT2D eigenvalue weighted by Gasteiger charge is 2.34. The zero-order valence-corrected chi connectivity index (χ0v) is 11.6. The Balaban J connectivity index is 2.34. The van der Waals surface area contributed by atoms with Gasteiger partial charge in [-0.25, -0.2) is 18.4 Å². The first-order chi connectivity index (χ1) is 8.54. The van der Waals surface area contributed by atoms with E-state index in [1.165, 1.54) is 6.33 Å². The summed E-state index contributed by atoms with van der Waals surface area (Å²) in [5.74, 6) is 1.92. The first-order valence-corrected chi connectivity index (χ1v) is 8.42. The molecule has 0 amide bonds. The van der Waals surface area contributed by atoms with Crippen LogP contribution in [0.15, 0.2) is 6.33 Å². The predicted molar refractivity (Wildman–Crippen MR) is 72.2 cm³/mol. The molecule has 1 aliphatic heterocycles. The Hall–Kier alpha value is -1.09. The number of thioether (sulfide) groups is 1. The van der Waals surface area contributed by atoms with E-state index >= 15 is 0 Å². The van der Waals surface area contributed by atoms with E-state index in [2.05, 4.69) is 15.0 Å². The molecule has 2 rings (SSSR count). The lowest BCUT2D eigenvalue weighted by molar-refractivity contribution is 0.577. The van der Waals surface area contributed by atoms with Gasteiger partial charge in [-0.05, 0) is 0 Å². The van der Waals surface area contributed by atoms with E-state index in [-0.39, 0.29) is 11.7 Å². The number of anilines is 2. The molecule has 2 N–H and O–H groups in total. The summed E-state index contributed by atoms with van der Waals surface area (Å²) < 4.78 is 24.1. The molecule has 1 unspecified atom stereocenters. The van der Waals surface area contributed by atoms with Crippen molar-refractivity contribution >= 4 is 33.5 Å². The maximum absolute atomic E-state index is 12.1. The van der Waals surface area contributed by atoms with Crippen molar-refractivity contribution in [2.75, 3.05) is 34.4 Å². The summed E-state index contributed by atoms with van der Waals surface area (Å²) in [6.07, 6.45) is 1.30. The van der Waals surface area contributed by atoms with Crippen LogP contribution in [0, 0.1) is 0 Å². The van der Waals surface area contributed by atoms with Crippen LogP contribution in [0.3, 0.4) is 0 Å². The standard InChI is InChI=1S/C9H15N5O2S2/c1-2-18(15,16)7-5-17-4-3-14(7)9-12-6-11-8(10)13-9/h6-7H,2-5H2,1H3,(H2,10,11,12,13). The van der Waals surface area contributed by atoms with Gasteiger partial charge in [0.15, 0.2) is 9.84 Å². The maximum Gasteiger partial charge on any atom is 0.231 e. The van der Waals surface area contributed by atoms with Gasteiger partial charge in [0, 0.05) is 23.8 Å². The number of sulfone groups is 1. The Morgan fingerprint density at radius 3 is 3.00 bits per heavy atom. The summed E-state index contributed by atoms with van der Waals surface area (Å²) in [4.78, 5) is 13.4. The monoisotopic (exact) mass is 289 g/mol. The van der Waals surface area contributed by atoms with Crippen LogP contribution in [0.4, 0.5) is 11.9 Å². The van der Waals surface area contributed by atoms with Crippen LogP contribution in [0.25, 0.3) is 0 Å². The molecule has 1 fully saturated rings. The topological polar surface area (TPSA) is 102 Å². The van der Waals surface area contributed by atoms with Crippen LogP contribution in [0.1, 0.15) is 6.92 Å². The van der Waals surface area contributed by atoms with Gasteiger partial charge in [-0.3, -0.25) is 0 Å². The summed E-state index contributed by atoms with van der Waals surface area (Å²) in [7, 11) is -3.17. The van der Waals surface area contributed by atoms with Crippen LogP contribution in [0.5, 0.6) is 0 Å². The number of nitrogens with two attached hydrogens (primary N) is 1. The molecule has 1 aliphatic rings. The van der Waals surface area contributed by atoms with Crippen molar-refractivity contribution in [3.05, 3.63) is 6.33 Å². The van der Waals surface area contributed by atoms with Crippen LogP contribution in [-0.4, -0.2) is 52.5 Å². The van der Waals surface area contributed by atoms with Crippen LogP contribution in [0.2, 0.25) is 0 Å². The zero-order valence-electron chi connectivity index (χ0n) is 9.98. The lowest BCUT2D eigenvalue weighted by Gasteiger charge is -2.34. The number of rotatable bonds is 3. The quantitative estimate of drug-likeness (QED) is 0.814. The predicted octanol–water partition coefficient (Wildman–Crippen LogP) is -0.232. The van der Waals surface area contributed by atoms with Gasteiger partial charge in [0.05, 0.1) is 0 Å². The first-order valence-electron chi connectivity index (χ1n) is 5.55. The summed E-state index contributed by atoms with van der Waals surface area (Å²) in [6.45, 7) is 2.24. The third kappa shape index (κ3) is 2.66. The molecule has 7 nitrogen and oxygen atoms in total. The Kier molecular flexibility index (Phi) is 3.91. The molecular formula is C9H15N5O2S2. The second-order valence-corrected chi connectivity index (χ2v) is 7.42. The molecule has 0 saturated carbocycles. The van der Waals surface area contributed by atoms with Crippen molar-refractivity contribution in [1.82, 2.24) is 15.0 Å². The van der Waals surface area contributed by atoms with Gasteiger partial charge in [-0.2, -0.15) is 16.7 Å². The molecule has 0 spiro atoms. The van der Waals surface area contributed by atoms with Gasteiger partial charge in [0.1, 0.15) is 11.7 Å². The minimum atomic E-state index is -3.17. The van der Waals surface area contributed by atoms with Crippen molar-refractivity contribution in [2.45, 2.75) is 12.3 Å². The molecule has 1 aromatic heterocycles. The van der Waals surface area contributed by atoms with Gasteiger partial charge in [0.2, 0.25) is 11.9 Å². The van der Waals surface area contributed by atoms with Crippen molar-refractivity contribution in [2.24, 2.45) is 0 Å². The fraction of sp³-hybridized carbons (Fsp3) is 0.667. The number of nitrogen functional groups attached to an aromatic ring is 1. The number of aromatic nitrogens is 3. The summed E-state index contributed by atoms with van der Waals surface area (Å²) in [5.41, 5.74) is 5.51. The van der Waals surface area contributed by atoms with Crippen LogP contribution >= 0.6 is 11.8 Å². The average molecular weight is 289 g/mol. The van der Waals surface area contributed by atoms with E-state index < -0.39 is 15.2 Å². The molecule has 0 aromatic carbocycles.